The van der Waals surface area contributed by atoms with E-state index in [4.69, 9.17) is 5.73 Å². The number of rotatable bonds is 3. The molecule has 0 radical (unpaired) electrons. The molecule has 1 aromatic rings. The number of carbonyl (C=O) groups excluding carboxylic acids is 1. The molecular weight excluding hydrogens is 260 g/mol. The average Bonchev–Trinajstić information content (AvgIpc) is 3.27. The fourth-order valence-electron chi connectivity index (χ4n) is 3.26. The molecule has 1 aromatic carbocycles. The van der Waals surface area contributed by atoms with Gasteiger partial charge in [0.25, 0.3) is 0 Å². The molecule has 0 aromatic heterocycles. The summed E-state index contributed by atoms with van der Waals surface area (Å²) >= 11 is 0. The fraction of sp³-hybridized carbons (Fsp3) is 0.611. The SMILES string of the molecule is CC(C)(C(=O)N1CCCCC1)c1cccc(C2(N)CC2)c1. The van der Waals surface area contributed by atoms with E-state index in [2.05, 4.69) is 18.2 Å². The molecule has 3 nitrogen and oxygen atoms in total. The summed E-state index contributed by atoms with van der Waals surface area (Å²) in [6.45, 7) is 5.89. The molecule has 1 saturated heterocycles. The Morgan fingerprint density at radius 1 is 1.19 bits per heavy atom. The Hall–Kier alpha value is -1.35. The Labute approximate surface area is 127 Å². The van der Waals surface area contributed by atoms with Crippen molar-refractivity contribution >= 4 is 5.91 Å². The van der Waals surface area contributed by atoms with Gasteiger partial charge in [0.2, 0.25) is 5.91 Å². The number of nitrogens with zero attached hydrogens (tertiary/aromatic N) is 1. The van der Waals surface area contributed by atoms with Gasteiger partial charge in [-0.05, 0) is 57.1 Å². The van der Waals surface area contributed by atoms with Crippen molar-refractivity contribution in [3.63, 3.8) is 0 Å². The Bertz CT molecular complexity index is 540. The Balaban J connectivity index is 1.85. The highest BCUT2D eigenvalue weighted by Gasteiger charge is 2.41. The van der Waals surface area contributed by atoms with Gasteiger partial charge in [-0.25, -0.2) is 0 Å². The smallest absolute Gasteiger partial charge is 0.232 e. The first-order valence-electron chi connectivity index (χ1n) is 8.13. The minimum absolute atomic E-state index is 0.139. The summed E-state index contributed by atoms with van der Waals surface area (Å²) in [4.78, 5) is 14.9. The van der Waals surface area contributed by atoms with Gasteiger partial charge in [-0.2, -0.15) is 0 Å². The minimum atomic E-state index is -0.474. The number of carbonyl (C=O) groups is 1. The van der Waals surface area contributed by atoms with Crippen LogP contribution in [0.3, 0.4) is 0 Å². The quantitative estimate of drug-likeness (QED) is 0.928. The average molecular weight is 286 g/mol. The van der Waals surface area contributed by atoms with Gasteiger partial charge in [-0.15, -0.1) is 0 Å². The standard InChI is InChI=1S/C18H26N2O/c1-17(2,16(21)20-11-4-3-5-12-20)14-7-6-8-15(13-14)18(19)9-10-18/h6-8,13H,3-5,9-12,19H2,1-2H3. The molecule has 1 aliphatic carbocycles. The van der Waals surface area contributed by atoms with Crippen LogP contribution in [-0.2, 0) is 15.7 Å². The number of benzene rings is 1. The lowest BCUT2D eigenvalue weighted by molar-refractivity contribution is -0.137. The first-order chi connectivity index (χ1) is 9.93. The Morgan fingerprint density at radius 2 is 1.86 bits per heavy atom. The minimum Gasteiger partial charge on any atom is -0.342 e. The Morgan fingerprint density at radius 3 is 2.48 bits per heavy atom. The summed E-state index contributed by atoms with van der Waals surface area (Å²) in [5.74, 6) is 0.251. The molecule has 0 spiro atoms. The Kier molecular flexibility index (Phi) is 3.56. The second-order valence-corrected chi connectivity index (χ2v) is 7.21. The van der Waals surface area contributed by atoms with Crippen LogP contribution in [0, 0.1) is 0 Å². The highest BCUT2D eigenvalue weighted by Crippen LogP contribution is 2.43. The van der Waals surface area contributed by atoms with Crippen molar-refractivity contribution in [2.24, 2.45) is 5.73 Å². The van der Waals surface area contributed by atoms with Gasteiger partial charge in [-0.3, -0.25) is 4.79 Å². The molecule has 2 N–H and O–H groups in total. The van der Waals surface area contributed by atoms with E-state index in [1.165, 1.54) is 12.0 Å². The summed E-state index contributed by atoms with van der Waals surface area (Å²) in [5.41, 5.74) is 7.96. The van der Waals surface area contributed by atoms with Crippen LogP contribution in [0.2, 0.25) is 0 Å². The predicted molar refractivity (Wildman–Crippen MR) is 85.0 cm³/mol. The molecule has 0 atom stereocenters. The highest BCUT2D eigenvalue weighted by molar-refractivity contribution is 5.87. The molecule has 3 heteroatoms. The zero-order valence-electron chi connectivity index (χ0n) is 13.2. The molecule has 2 aliphatic rings. The number of piperidine rings is 1. The van der Waals surface area contributed by atoms with Crippen molar-refractivity contribution in [2.75, 3.05) is 13.1 Å². The molecule has 1 aliphatic heterocycles. The van der Waals surface area contributed by atoms with Gasteiger partial charge in [0.15, 0.2) is 0 Å². The van der Waals surface area contributed by atoms with Crippen molar-refractivity contribution in [1.82, 2.24) is 4.90 Å². The van der Waals surface area contributed by atoms with Crippen LogP contribution in [0.4, 0.5) is 0 Å². The fourth-order valence-corrected chi connectivity index (χ4v) is 3.26. The van der Waals surface area contributed by atoms with Gasteiger partial charge in [0.1, 0.15) is 0 Å². The van der Waals surface area contributed by atoms with Crippen molar-refractivity contribution in [1.29, 1.82) is 0 Å². The topological polar surface area (TPSA) is 46.3 Å². The monoisotopic (exact) mass is 286 g/mol. The molecule has 2 fully saturated rings. The van der Waals surface area contributed by atoms with Crippen molar-refractivity contribution in [3.8, 4) is 0 Å². The molecule has 1 amide bonds. The van der Waals surface area contributed by atoms with Gasteiger partial charge in [-0.1, -0.05) is 24.3 Å². The van der Waals surface area contributed by atoms with E-state index >= 15 is 0 Å². The van der Waals surface area contributed by atoms with Crippen LogP contribution in [0.1, 0.15) is 57.1 Å². The van der Waals surface area contributed by atoms with E-state index in [-0.39, 0.29) is 11.4 Å². The van der Waals surface area contributed by atoms with Crippen LogP contribution in [0.15, 0.2) is 24.3 Å². The van der Waals surface area contributed by atoms with Gasteiger partial charge in [0, 0.05) is 18.6 Å². The summed E-state index contributed by atoms with van der Waals surface area (Å²) in [5, 5.41) is 0. The number of likely N-dealkylation sites (tertiary alicyclic amines) is 1. The molecule has 21 heavy (non-hydrogen) atoms. The van der Waals surface area contributed by atoms with Crippen LogP contribution in [0.25, 0.3) is 0 Å². The number of amides is 1. The molecule has 3 rings (SSSR count). The van der Waals surface area contributed by atoms with Crippen LogP contribution < -0.4 is 5.73 Å². The molecule has 0 unspecified atom stereocenters. The third-order valence-corrected chi connectivity index (χ3v) is 5.13. The van der Waals surface area contributed by atoms with E-state index in [1.807, 2.05) is 24.8 Å². The molecule has 0 bridgehead atoms. The van der Waals surface area contributed by atoms with E-state index in [0.29, 0.717) is 0 Å². The molecule has 1 saturated carbocycles. The molecular formula is C18H26N2O. The van der Waals surface area contributed by atoms with Crippen LogP contribution in [0.5, 0.6) is 0 Å². The number of nitrogens with two attached hydrogens (primary N) is 1. The van der Waals surface area contributed by atoms with Crippen molar-refractivity contribution in [3.05, 3.63) is 35.4 Å². The third kappa shape index (κ3) is 2.71. The lowest BCUT2D eigenvalue weighted by Crippen LogP contribution is -2.45. The van der Waals surface area contributed by atoms with Gasteiger partial charge >= 0.3 is 0 Å². The largest absolute Gasteiger partial charge is 0.342 e. The summed E-state index contributed by atoms with van der Waals surface area (Å²) in [6.07, 6.45) is 5.62. The molecule has 1 heterocycles. The van der Waals surface area contributed by atoms with Crippen molar-refractivity contribution in [2.45, 2.75) is 56.9 Å². The lowest BCUT2D eigenvalue weighted by atomic mass is 9.81. The zero-order chi connectivity index (χ0) is 15.1. The van der Waals surface area contributed by atoms with E-state index in [9.17, 15) is 4.79 Å². The number of hydrogen-bond acceptors (Lipinski definition) is 2. The number of hydrogen-bond donors (Lipinski definition) is 1. The lowest BCUT2D eigenvalue weighted by Gasteiger charge is -2.35. The zero-order valence-corrected chi connectivity index (χ0v) is 13.2. The van der Waals surface area contributed by atoms with Crippen LogP contribution >= 0.6 is 0 Å². The third-order valence-electron chi connectivity index (χ3n) is 5.13. The maximum Gasteiger partial charge on any atom is 0.232 e. The van der Waals surface area contributed by atoms with Crippen molar-refractivity contribution < 1.29 is 4.79 Å². The van der Waals surface area contributed by atoms with E-state index in [1.54, 1.807) is 0 Å². The second kappa shape index (κ2) is 5.13. The van der Waals surface area contributed by atoms with Crippen LogP contribution in [-0.4, -0.2) is 23.9 Å². The predicted octanol–water partition coefficient (Wildman–Crippen LogP) is 2.92. The summed E-state index contributed by atoms with van der Waals surface area (Å²) in [7, 11) is 0. The first kappa shape index (κ1) is 14.6. The molecule has 114 valence electrons. The first-order valence-corrected chi connectivity index (χ1v) is 8.13. The van der Waals surface area contributed by atoms with Gasteiger partial charge < -0.3 is 10.6 Å². The summed E-state index contributed by atoms with van der Waals surface area (Å²) in [6, 6.07) is 8.35. The van der Waals surface area contributed by atoms with Gasteiger partial charge in [0.05, 0.1) is 5.41 Å². The summed E-state index contributed by atoms with van der Waals surface area (Å²) < 4.78 is 0. The normalized spacial score (nSPS) is 21.2. The van der Waals surface area contributed by atoms with E-state index < -0.39 is 5.41 Å². The van der Waals surface area contributed by atoms with E-state index in [0.717, 1.165) is 44.3 Å². The maximum atomic E-state index is 12.9. The second-order valence-electron chi connectivity index (χ2n) is 7.21. The highest BCUT2D eigenvalue weighted by atomic mass is 16.2. The maximum absolute atomic E-state index is 12.9.